The molecule has 8 heteroatoms. The van der Waals surface area contributed by atoms with Crippen molar-refractivity contribution >= 4 is 11.9 Å². The zero-order chi connectivity index (χ0) is 28.3. The zero-order valence-corrected chi connectivity index (χ0v) is 22.4. The van der Waals surface area contributed by atoms with Crippen LogP contribution in [0.1, 0.15) is 43.7 Å². The van der Waals surface area contributed by atoms with Crippen molar-refractivity contribution in [1.29, 1.82) is 0 Å². The Bertz CT molecular complexity index is 1010. The number of aliphatic hydroxyl groups excluding tert-OH is 2. The molecule has 0 aliphatic heterocycles. The fraction of sp³-hybridized carbons (Fsp3) is 0.419. The number of benzene rings is 2. The van der Waals surface area contributed by atoms with Gasteiger partial charge in [0.2, 0.25) is 0 Å². The van der Waals surface area contributed by atoms with E-state index >= 15 is 0 Å². The van der Waals surface area contributed by atoms with Gasteiger partial charge < -0.3 is 29.2 Å². The summed E-state index contributed by atoms with van der Waals surface area (Å²) in [5.41, 5.74) is 2.23. The second-order valence-electron chi connectivity index (χ2n) is 9.91. The first-order valence-corrected chi connectivity index (χ1v) is 13.2. The zero-order valence-electron chi connectivity index (χ0n) is 22.4. The van der Waals surface area contributed by atoms with Crippen LogP contribution < -0.4 is 9.47 Å². The Hall–Kier alpha value is -3.62. The summed E-state index contributed by atoms with van der Waals surface area (Å²) >= 11 is 0. The van der Waals surface area contributed by atoms with Gasteiger partial charge in [0.05, 0.1) is 0 Å². The van der Waals surface area contributed by atoms with Crippen molar-refractivity contribution in [3.8, 4) is 11.5 Å². The van der Waals surface area contributed by atoms with E-state index in [4.69, 9.17) is 18.9 Å². The first-order valence-electron chi connectivity index (χ1n) is 13.2. The molecule has 2 aromatic carbocycles. The lowest BCUT2D eigenvalue weighted by Gasteiger charge is -2.41. The summed E-state index contributed by atoms with van der Waals surface area (Å²) < 4.78 is 21.1. The lowest BCUT2D eigenvalue weighted by atomic mass is 9.63. The number of carbonyl (C=O) groups is 2. The van der Waals surface area contributed by atoms with E-state index < -0.39 is 24.1 Å². The molecule has 1 aliphatic rings. The van der Waals surface area contributed by atoms with Gasteiger partial charge in [-0.15, -0.1) is 0 Å². The van der Waals surface area contributed by atoms with Crippen molar-refractivity contribution in [3.63, 3.8) is 0 Å². The molecule has 0 amide bonds. The van der Waals surface area contributed by atoms with Gasteiger partial charge in [0.25, 0.3) is 0 Å². The summed E-state index contributed by atoms with van der Waals surface area (Å²) in [5, 5.41) is 20.0. The molecule has 2 aromatic rings. The number of hydrogen-bond acceptors (Lipinski definition) is 8. The summed E-state index contributed by atoms with van der Waals surface area (Å²) in [6.45, 7) is 8.61. The van der Waals surface area contributed by atoms with Gasteiger partial charge in [0.1, 0.15) is 50.1 Å². The van der Waals surface area contributed by atoms with Crippen LogP contribution in [0.5, 0.6) is 11.5 Å². The van der Waals surface area contributed by atoms with Gasteiger partial charge in [-0.3, -0.25) is 0 Å². The molecule has 2 N–H and O–H groups in total. The molecule has 2 unspecified atom stereocenters. The minimum absolute atomic E-state index is 0.000719. The molecule has 39 heavy (non-hydrogen) atoms. The topological polar surface area (TPSA) is 112 Å². The Morgan fingerprint density at radius 2 is 1.18 bits per heavy atom. The molecule has 2 atom stereocenters. The summed E-state index contributed by atoms with van der Waals surface area (Å²) in [6.07, 6.45) is 4.46. The average molecular weight is 539 g/mol. The predicted molar refractivity (Wildman–Crippen MR) is 147 cm³/mol. The largest absolute Gasteiger partial charge is 0.491 e. The second-order valence-corrected chi connectivity index (χ2v) is 9.91. The SMILES string of the molecule is C=CC(=O)OCC(O)COc1ccc(C2(c3ccc(OCC(O)COC(=O)C=C)cc3)CCC(C)CC2)cc1. The molecular weight excluding hydrogens is 500 g/mol. The maximum atomic E-state index is 11.2. The van der Waals surface area contributed by atoms with Crippen LogP contribution in [0.4, 0.5) is 0 Å². The molecule has 0 spiro atoms. The highest BCUT2D eigenvalue weighted by Gasteiger charge is 2.37. The number of rotatable bonds is 14. The van der Waals surface area contributed by atoms with Gasteiger partial charge in [-0.05, 0) is 67.0 Å². The lowest BCUT2D eigenvalue weighted by Crippen LogP contribution is -2.32. The third kappa shape index (κ3) is 8.70. The summed E-state index contributed by atoms with van der Waals surface area (Å²) in [6, 6.07) is 15.9. The number of aliphatic hydroxyl groups is 2. The maximum absolute atomic E-state index is 11.2. The first kappa shape index (κ1) is 29.9. The monoisotopic (exact) mass is 538 g/mol. The molecule has 0 saturated heterocycles. The molecule has 210 valence electrons. The van der Waals surface area contributed by atoms with Gasteiger partial charge in [0, 0.05) is 17.6 Å². The molecule has 0 radical (unpaired) electrons. The maximum Gasteiger partial charge on any atom is 0.330 e. The fourth-order valence-corrected chi connectivity index (χ4v) is 4.69. The molecule has 8 nitrogen and oxygen atoms in total. The fourth-order valence-electron chi connectivity index (χ4n) is 4.69. The minimum atomic E-state index is -0.941. The quantitative estimate of drug-likeness (QED) is 0.273. The summed E-state index contributed by atoms with van der Waals surface area (Å²) in [7, 11) is 0. The number of hydrogen-bond donors (Lipinski definition) is 2. The highest BCUT2D eigenvalue weighted by Crippen LogP contribution is 2.47. The summed E-state index contributed by atoms with van der Waals surface area (Å²) in [5.74, 6) is 0.724. The van der Waals surface area contributed by atoms with Crippen LogP contribution in [0.25, 0.3) is 0 Å². The van der Waals surface area contributed by atoms with Crippen LogP contribution in [-0.4, -0.2) is 60.8 Å². The number of esters is 2. The highest BCUT2D eigenvalue weighted by atomic mass is 16.6. The second kappa shape index (κ2) is 14.5. The van der Waals surface area contributed by atoms with Gasteiger partial charge >= 0.3 is 11.9 Å². The molecule has 1 saturated carbocycles. The predicted octanol–water partition coefficient (Wildman–Crippen LogP) is 4.12. The standard InChI is InChI=1S/C31H38O8/c1-4-29(34)38-20-25(32)18-36-27-10-6-23(7-11-27)31(16-14-22(3)15-17-31)24-8-12-28(13-9-24)37-19-26(33)21-39-30(35)5-2/h4-13,22,25-26,32-33H,1-2,14-21H2,3H3. The van der Waals surface area contributed by atoms with Crippen molar-refractivity contribution in [1.82, 2.24) is 0 Å². The van der Waals surface area contributed by atoms with Crippen molar-refractivity contribution in [2.24, 2.45) is 5.92 Å². The van der Waals surface area contributed by atoms with E-state index in [1.54, 1.807) is 0 Å². The number of carbonyl (C=O) groups excluding carboxylic acids is 2. The van der Waals surface area contributed by atoms with Gasteiger partial charge in [-0.1, -0.05) is 44.3 Å². The van der Waals surface area contributed by atoms with E-state index in [9.17, 15) is 19.8 Å². The van der Waals surface area contributed by atoms with Crippen LogP contribution in [0, 0.1) is 5.92 Å². The Balaban J connectivity index is 1.65. The average Bonchev–Trinajstić information content (AvgIpc) is 2.97. The third-order valence-corrected chi connectivity index (χ3v) is 7.00. The Kier molecular flexibility index (Phi) is 11.1. The molecular formula is C31H38O8. The lowest BCUT2D eigenvalue weighted by molar-refractivity contribution is -0.142. The Morgan fingerprint density at radius 1 is 0.795 bits per heavy atom. The van der Waals surface area contributed by atoms with Gasteiger partial charge in [-0.2, -0.15) is 0 Å². The third-order valence-electron chi connectivity index (χ3n) is 7.00. The minimum Gasteiger partial charge on any atom is -0.491 e. The van der Waals surface area contributed by atoms with Crippen LogP contribution in [0.2, 0.25) is 0 Å². The van der Waals surface area contributed by atoms with E-state index in [2.05, 4.69) is 44.3 Å². The van der Waals surface area contributed by atoms with Crippen molar-refractivity contribution < 1.29 is 38.7 Å². The number of ether oxygens (including phenoxy) is 4. The van der Waals surface area contributed by atoms with E-state index in [-0.39, 0.29) is 31.8 Å². The molecule has 1 aliphatic carbocycles. The van der Waals surface area contributed by atoms with Crippen molar-refractivity contribution in [2.45, 2.75) is 50.2 Å². The van der Waals surface area contributed by atoms with Crippen molar-refractivity contribution in [2.75, 3.05) is 26.4 Å². The van der Waals surface area contributed by atoms with Crippen molar-refractivity contribution in [3.05, 3.63) is 85.0 Å². The van der Waals surface area contributed by atoms with Gasteiger partial charge in [0.15, 0.2) is 0 Å². The Labute approximate surface area is 229 Å². The van der Waals surface area contributed by atoms with E-state index in [0.717, 1.165) is 37.8 Å². The van der Waals surface area contributed by atoms with Crippen LogP contribution in [0.15, 0.2) is 73.8 Å². The van der Waals surface area contributed by atoms with E-state index in [1.807, 2.05) is 24.3 Å². The van der Waals surface area contributed by atoms with E-state index in [0.29, 0.717) is 17.4 Å². The van der Waals surface area contributed by atoms with Crippen LogP contribution in [-0.2, 0) is 24.5 Å². The highest BCUT2D eigenvalue weighted by molar-refractivity contribution is 5.81. The molecule has 0 heterocycles. The normalized spacial score (nSPS) is 20.2. The smallest absolute Gasteiger partial charge is 0.330 e. The Morgan fingerprint density at radius 3 is 1.54 bits per heavy atom. The molecule has 0 bridgehead atoms. The van der Waals surface area contributed by atoms with E-state index in [1.165, 1.54) is 11.1 Å². The molecule has 1 fully saturated rings. The summed E-state index contributed by atoms with van der Waals surface area (Å²) in [4.78, 5) is 22.3. The van der Waals surface area contributed by atoms with Crippen LogP contribution in [0.3, 0.4) is 0 Å². The van der Waals surface area contributed by atoms with Gasteiger partial charge in [-0.25, -0.2) is 9.59 Å². The molecule has 0 aromatic heterocycles. The first-order chi connectivity index (χ1) is 18.8. The van der Waals surface area contributed by atoms with Crippen LogP contribution >= 0.6 is 0 Å². The molecule has 3 rings (SSSR count).